The van der Waals surface area contributed by atoms with Crippen molar-refractivity contribution in [3.63, 3.8) is 0 Å². The second-order valence-electron chi connectivity index (χ2n) is 7.76. The Morgan fingerprint density at radius 2 is 1.89 bits per heavy atom. The van der Waals surface area contributed by atoms with Crippen molar-refractivity contribution >= 4 is 18.0 Å². The lowest BCUT2D eigenvalue weighted by atomic mass is 10.2. The van der Waals surface area contributed by atoms with Gasteiger partial charge in [0.1, 0.15) is 17.5 Å². The highest BCUT2D eigenvalue weighted by atomic mass is 19.1. The molecular weight excluding hydrogens is 367 g/mol. The lowest BCUT2D eigenvalue weighted by Crippen LogP contribution is -2.46. The Balaban J connectivity index is 1.87. The molecule has 0 saturated carbocycles. The van der Waals surface area contributed by atoms with Gasteiger partial charge in [0.05, 0.1) is 0 Å². The summed E-state index contributed by atoms with van der Waals surface area (Å²) in [5.74, 6) is -1.46. The third kappa shape index (κ3) is 6.21. The van der Waals surface area contributed by atoms with Crippen LogP contribution in [0.25, 0.3) is 0 Å². The Bertz CT molecular complexity index is 714. The maximum Gasteiger partial charge on any atom is 0.411 e. The van der Waals surface area contributed by atoms with Crippen LogP contribution in [0.15, 0.2) is 24.3 Å². The van der Waals surface area contributed by atoms with Gasteiger partial charge >= 0.3 is 12.1 Å². The number of ether oxygens (including phenoxy) is 2. The van der Waals surface area contributed by atoms with E-state index in [-0.39, 0.29) is 12.4 Å². The zero-order valence-corrected chi connectivity index (χ0v) is 16.7. The fourth-order valence-electron chi connectivity index (χ4n) is 2.79. The van der Waals surface area contributed by atoms with E-state index >= 15 is 0 Å². The van der Waals surface area contributed by atoms with E-state index in [1.165, 1.54) is 24.0 Å². The molecular formula is C20H27FN2O5. The third-order valence-corrected chi connectivity index (χ3v) is 4.20. The minimum atomic E-state index is -1.02. The fraction of sp³-hybridized carbons (Fsp3) is 0.550. The summed E-state index contributed by atoms with van der Waals surface area (Å²) in [4.78, 5) is 38.2. The molecule has 1 aliphatic rings. The van der Waals surface area contributed by atoms with Gasteiger partial charge in [-0.15, -0.1) is 0 Å². The normalized spacial score (nSPS) is 17.8. The van der Waals surface area contributed by atoms with E-state index < -0.39 is 35.7 Å². The van der Waals surface area contributed by atoms with Gasteiger partial charge in [0.15, 0.2) is 6.10 Å². The summed E-state index contributed by atoms with van der Waals surface area (Å²) in [5, 5.41) is 2.64. The van der Waals surface area contributed by atoms with Crippen LogP contribution in [0, 0.1) is 5.82 Å². The number of hydrogen-bond acceptors (Lipinski definition) is 5. The molecule has 1 fully saturated rings. The SMILES string of the molecule is C[C@@H](OC(=O)[C@@H]1CCCN1C(=O)OC(C)(C)C)C(=O)NCc1ccc(F)cc1. The van der Waals surface area contributed by atoms with Gasteiger partial charge in [-0.3, -0.25) is 9.69 Å². The maximum atomic E-state index is 12.9. The van der Waals surface area contributed by atoms with Gasteiger partial charge in [-0.25, -0.2) is 14.0 Å². The lowest BCUT2D eigenvalue weighted by Gasteiger charge is -2.28. The second-order valence-corrected chi connectivity index (χ2v) is 7.76. The second kappa shape index (κ2) is 9.03. The number of esters is 1. The van der Waals surface area contributed by atoms with Crippen molar-refractivity contribution in [2.45, 2.75) is 64.8 Å². The quantitative estimate of drug-likeness (QED) is 0.777. The first-order valence-corrected chi connectivity index (χ1v) is 9.29. The number of benzene rings is 1. The molecule has 0 spiro atoms. The first kappa shape index (κ1) is 21.7. The molecule has 0 bridgehead atoms. The molecule has 2 atom stereocenters. The summed E-state index contributed by atoms with van der Waals surface area (Å²) in [6, 6.07) is 4.96. The molecule has 28 heavy (non-hydrogen) atoms. The highest BCUT2D eigenvalue weighted by Crippen LogP contribution is 2.22. The summed E-state index contributed by atoms with van der Waals surface area (Å²) in [5.41, 5.74) is 0.0574. The van der Waals surface area contributed by atoms with E-state index in [1.54, 1.807) is 32.9 Å². The van der Waals surface area contributed by atoms with E-state index in [0.717, 1.165) is 5.56 Å². The van der Waals surface area contributed by atoms with Crippen LogP contribution in [0.3, 0.4) is 0 Å². The number of likely N-dealkylation sites (tertiary alicyclic amines) is 1. The van der Waals surface area contributed by atoms with Gasteiger partial charge < -0.3 is 14.8 Å². The highest BCUT2D eigenvalue weighted by molar-refractivity contribution is 5.86. The number of nitrogens with zero attached hydrogens (tertiary/aromatic N) is 1. The monoisotopic (exact) mass is 394 g/mol. The van der Waals surface area contributed by atoms with Crippen LogP contribution in [0.4, 0.5) is 9.18 Å². The molecule has 154 valence electrons. The molecule has 2 amide bonds. The summed E-state index contributed by atoms with van der Waals surface area (Å²) < 4.78 is 23.5. The number of rotatable bonds is 5. The first-order valence-electron chi connectivity index (χ1n) is 9.29. The van der Waals surface area contributed by atoms with Gasteiger partial charge in [-0.2, -0.15) is 0 Å². The molecule has 1 aromatic rings. The standard InChI is InChI=1S/C20H27FN2O5/c1-13(17(24)22-12-14-7-9-15(21)10-8-14)27-18(25)16-6-5-11-23(16)19(26)28-20(2,3)4/h7-10,13,16H,5-6,11-12H2,1-4H3,(H,22,24)/t13-,16+/m1/s1. The van der Waals surface area contributed by atoms with Crippen molar-refractivity contribution in [1.82, 2.24) is 10.2 Å². The molecule has 1 N–H and O–H groups in total. The molecule has 1 aliphatic heterocycles. The number of carbonyl (C=O) groups is 3. The number of hydrogen-bond donors (Lipinski definition) is 1. The Morgan fingerprint density at radius 1 is 1.25 bits per heavy atom. The Hall–Kier alpha value is -2.64. The minimum Gasteiger partial charge on any atom is -0.451 e. The Morgan fingerprint density at radius 3 is 2.50 bits per heavy atom. The molecule has 1 aromatic carbocycles. The fourth-order valence-corrected chi connectivity index (χ4v) is 2.79. The van der Waals surface area contributed by atoms with Crippen LogP contribution in [-0.2, 0) is 25.6 Å². The van der Waals surface area contributed by atoms with Crippen LogP contribution in [0.5, 0.6) is 0 Å². The van der Waals surface area contributed by atoms with Gasteiger partial charge in [-0.05, 0) is 58.2 Å². The van der Waals surface area contributed by atoms with Crippen molar-refractivity contribution in [3.05, 3.63) is 35.6 Å². The minimum absolute atomic E-state index is 0.189. The van der Waals surface area contributed by atoms with E-state index in [9.17, 15) is 18.8 Å². The van der Waals surface area contributed by atoms with E-state index in [0.29, 0.717) is 19.4 Å². The van der Waals surface area contributed by atoms with E-state index in [1.807, 2.05) is 0 Å². The summed E-state index contributed by atoms with van der Waals surface area (Å²) in [7, 11) is 0. The van der Waals surface area contributed by atoms with Crippen LogP contribution < -0.4 is 5.32 Å². The predicted octanol–water partition coefficient (Wildman–Crippen LogP) is 2.77. The van der Waals surface area contributed by atoms with Crippen molar-refractivity contribution < 1.29 is 28.2 Å². The van der Waals surface area contributed by atoms with Crippen molar-refractivity contribution in [1.29, 1.82) is 0 Å². The predicted molar refractivity (Wildman–Crippen MR) is 99.8 cm³/mol. The topological polar surface area (TPSA) is 84.9 Å². The Kier molecular flexibility index (Phi) is 6.99. The van der Waals surface area contributed by atoms with Crippen molar-refractivity contribution in [2.24, 2.45) is 0 Å². The average Bonchev–Trinajstić information content (AvgIpc) is 3.09. The molecule has 2 rings (SSSR count). The Labute approximate surface area is 164 Å². The molecule has 7 nitrogen and oxygen atoms in total. The highest BCUT2D eigenvalue weighted by Gasteiger charge is 2.38. The van der Waals surface area contributed by atoms with Crippen molar-refractivity contribution in [3.8, 4) is 0 Å². The molecule has 8 heteroatoms. The van der Waals surface area contributed by atoms with Gasteiger partial charge in [-0.1, -0.05) is 12.1 Å². The van der Waals surface area contributed by atoms with E-state index in [4.69, 9.17) is 9.47 Å². The zero-order chi connectivity index (χ0) is 20.9. The van der Waals surface area contributed by atoms with Crippen LogP contribution in [0.1, 0.15) is 46.1 Å². The molecule has 0 aliphatic carbocycles. The molecule has 0 aromatic heterocycles. The number of nitrogens with one attached hydrogen (secondary N) is 1. The van der Waals surface area contributed by atoms with Crippen molar-refractivity contribution in [2.75, 3.05) is 6.54 Å². The molecule has 1 saturated heterocycles. The number of halogens is 1. The van der Waals surface area contributed by atoms with E-state index in [2.05, 4.69) is 5.32 Å². The van der Waals surface area contributed by atoms with Crippen LogP contribution >= 0.6 is 0 Å². The van der Waals surface area contributed by atoms with Gasteiger partial charge in [0, 0.05) is 13.1 Å². The van der Waals surface area contributed by atoms with Crippen LogP contribution in [0.2, 0.25) is 0 Å². The molecule has 0 unspecified atom stereocenters. The smallest absolute Gasteiger partial charge is 0.411 e. The van der Waals surface area contributed by atoms with Gasteiger partial charge in [0.2, 0.25) is 0 Å². The average molecular weight is 394 g/mol. The maximum absolute atomic E-state index is 12.9. The van der Waals surface area contributed by atoms with Gasteiger partial charge in [0.25, 0.3) is 5.91 Å². The first-order chi connectivity index (χ1) is 13.1. The molecule has 0 radical (unpaired) electrons. The lowest BCUT2D eigenvalue weighted by molar-refractivity contribution is -0.158. The summed E-state index contributed by atoms with van der Waals surface area (Å²) >= 11 is 0. The molecule has 1 heterocycles. The number of carbonyl (C=O) groups excluding carboxylic acids is 3. The third-order valence-electron chi connectivity index (χ3n) is 4.20. The summed E-state index contributed by atoms with van der Waals surface area (Å²) in [6.45, 7) is 7.31. The van der Waals surface area contributed by atoms with Crippen LogP contribution in [-0.4, -0.2) is 47.2 Å². The largest absolute Gasteiger partial charge is 0.451 e. The summed E-state index contributed by atoms with van der Waals surface area (Å²) in [6.07, 6.45) is -0.471. The number of amides is 2. The zero-order valence-electron chi connectivity index (χ0n) is 16.7.